The van der Waals surface area contributed by atoms with E-state index in [1.54, 1.807) is 24.5 Å². The Morgan fingerprint density at radius 1 is 1.08 bits per heavy atom. The predicted molar refractivity (Wildman–Crippen MR) is 98.3 cm³/mol. The number of aromatic hydroxyl groups is 1. The Labute approximate surface area is 150 Å². The van der Waals surface area contributed by atoms with Crippen molar-refractivity contribution in [3.63, 3.8) is 0 Å². The first-order valence-corrected chi connectivity index (χ1v) is 7.97. The second kappa shape index (κ2) is 7.23. The Morgan fingerprint density at radius 2 is 1.84 bits per heavy atom. The van der Waals surface area contributed by atoms with E-state index < -0.39 is 11.9 Å². The van der Waals surface area contributed by atoms with Crippen LogP contribution >= 0.6 is 11.6 Å². The van der Waals surface area contributed by atoms with Gasteiger partial charge in [-0.1, -0.05) is 48.0 Å². The van der Waals surface area contributed by atoms with Gasteiger partial charge >= 0.3 is 0 Å². The number of carbonyl (C=O) groups excluding carboxylic acids is 1. The smallest absolute Gasteiger partial charge is 0.244 e. The van der Waals surface area contributed by atoms with Crippen LogP contribution in [0, 0.1) is 0 Å². The molecule has 0 bridgehead atoms. The summed E-state index contributed by atoms with van der Waals surface area (Å²) in [5.41, 5.74) is 8.55. The predicted octanol–water partition coefficient (Wildman–Crippen LogP) is 3.75. The lowest BCUT2D eigenvalue weighted by Crippen LogP contribution is -2.27. The second-order valence-corrected chi connectivity index (χ2v) is 5.93. The molecule has 1 amide bonds. The number of anilines is 1. The summed E-state index contributed by atoms with van der Waals surface area (Å²) in [6.45, 7) is 0. The topological polar surface area (TPSA) is 88.2 Å². The number of phenols is 1. The average Bonchev–Trinajstić information content (AvgIpc) is 2.63. The highest BCUT2D eigenvalue weighted by Gasteiger charge is 2.17. The third-order valence-corrected chi connectivity index (χ3v) is 4.05. The van der Waals surface area contributed by atoms with Gasteiger partial charge < -0.3 is 16.2 Å². The summed E-state index contributed by atoms with van der Waals surface area (Å²) in [5, 5.41) is 12.9. The molecule has 4 N–H and O–H groups in total. The Bertz CT molecular complexity index is 900. The average molecular weight is 354 g/mol. The Kier molecular flexibility index (Phi) is 4.86. The van der Waals surface area contributed by atoms with Gasteiger partial charge in [-0.2, -0.15) is 0 Å². The van der Waals surface area contributed by atoms with Crippen molar-refractivity contribution in [3.8, 4) is 16.9 Å². The van der Waals surface area contributed by atoms with E-state index in [0.717, 1.165) is 16.7 Å². The number of nitrogens with two attached hydrogens (primary N) is 1. The molecule has 0 saturated heterocycles. The standard InChI is InChI=1S/C19H16ClN3O2/c20-16-9-13(6-7-17(16)24)14-8-15(11-22-10-14)23-18(19(21)25)12-4-2-1-3-5-12/h1-11,18,23-24H,(H2,21,25). The number of primary amides is 1. The Hall–Kier alpha value is -3.05. The van der Waals surface area contributed by atoms with Crippen molar-refractivity contribution in [1.82, 2.24) is 4.98 Å². The summed E-state index contributed by atoms with van der Waals surface area (Å²) in [4.78, 5) is 16.0. The lowest BCUT2D eigenvalue weighted by molar-refractivity contribution is -0.118. The normalized spacial score (nSPS) is 11.7. The molecular formula is C19H16ClN3O2. The summed E-state index contributed by atoms with van der Waals surface area (Å²) in [6.07, 6.45) is 3.29. The molecule has 0 fully saturated rings. The minimum Gasteiger partial charge on any atom is -0.506 e. The summed E-state index contributed by atoms with van der Waals surface area (Å²) >= 11 is 5.96. The zero-order chi connectivity index (χ0) is 17.8. The number of hydrogen-bond acceptors (Lipinski definition) is 4. The van der Waals surface area contributed by atoms with Crippen molar-refractivity contribution in [2.24, 2.45) is 5.73 Å². The molecule has 1 unspecified atom stereocenters. The molecule has 3 rings (SSSR count). The minimum atomic E-state index is -0.665. The number of nitrogens with zero attached hydrogens (tertiary/aromatic N) is 1. The SMILES string of the molecule is NC(=O)C(Nc1cncc(-c2ccc(O)c(Cl)c2)c1)c1ccccc1. The number of aromatic nitrogens is 1. The zero-order valence-corrected chi connectivity index (χ0v) is 13.9. The van der Waals surface area contributed by atoms with Gasteiger partial charge in [0.2, 0.25) is 5.91 Å². The first kappa shape index (κ1) is 16.8. The van der Waals surface area contributed by atoms with Crippen molar-refractivity contribution in [2.75, 3.05) is 5.32 Å². The molecule has 1 heterocycles. The van der Waals surface area contributed by atoms with Crippen molar-refractivity contribution >= 4 is 23.2 Å². The van der Waals surface area contributed by atoms with Crippen LogP contribution in [-0.2, 0) is 4.79 Å². The third-order valence-electron chi connectivity index (χ3n) is 3.75. The molecular weight excluding hydrogens is 338 g/mol. The molecule has 2 aromatic carbocycles. The van der Waals surface area contributed by atoms with E-state index >= 15 is 0 Å². The number of pyridine rings is 1. The third kappa shape index (κ3) is 3.89. The largest absolute Gasteiger partial charge is 0.506 e. The van der Waals surface area contributed by atoms with E-state index in [1.807, 2.05) is 36.4 Å². The van der Waals surface area contributed by atoms with Gasteiger partial charge in [0.25, 0.3) is 0 Å². The number of amides is 1. The van der Waals surface area contributed by atoms with Gasteiger partial charge in [-0.3, -0.25) is 9.78 Å². The maximum absolute atomic E-state index is 11.8. The van der Waals surface area contributed by atoms with E-state index in [-0.39, 0.29) is 10.8 Å². The van der Waals surface area contributed by atoms with Crippen LogP contribution in [0.15, 0.2) is 67.0 Å². The van der Waals surface area contributed by atoms with Crippen molar-refractivity contribution < 1.29 is 9.90 Å². The fourth-order valence-electron chi connectivity index (χ4n) is 2.49. The highest BCUT2D eigenvalue weighted by atomic mass is 35.5. The van der Waals surface area contributed by atoms with Gasteiger partial charge in [0.15, 0.2) is 0 Å². The molecule has 25 heavy (non-hydrogen) atoms. The first-order valence-electron chi connectivity index (χ1n) is 7.59. The molecule has 0 aliphatic rings. The van der Waals surface area contributed by atoms with Crippen LogP contribution in [0.3, 0.4) is 0 Å². The number of rotatable bonds is 5. The Morgan fingerprint density at radius 3 is 2.52 bits per heavy atom. The van der Waals surface area contributed by atoms with Crippen LogP contribution in [0.25, 0.3) is 11.1 Å². The summed E-state index contributed by atoms with van der Waals surface area (Å²) in [6, 6.07) is 15.3. The first-order chi connectivity index (χ1) is 12.0. The molecule has 1 aromatic heterocycles. The molecule has 6 heteroatoms. The van der Waals surface area contributed by atoms with Crippen LogP contribution in [0.2, 0.25) is 5.02 Å². The maximum Gasteiger partial charge on any atom is 0.244 e. The highest BCUT2D eigenvalue weighted by molar-refractivity contribution is 6.32. The summed E-state index contributed by atoms with van der Waals surface area (Å²) < 4.78 is 0. The molecule has 126 valence electrons. The van der Waals surface area contributed by atoms with Crippen LogP contribution in [0.4, 0.5) is 5.69 Å². The van der Waals surface area contributed by atoms with Gasteiger partial charge in [0.1, 0.15) is 11.8 Å². The van der Waals surface area contributed by atoms with Crippen molar-refractivity contribution in [3.05, 3.63) is 77.6 Å². The quantitative estimate of drug-likeness (QED) is 0.651. The number of carbonyl (C=O) groups is 1. The fourth-order valence-corrected chi connectivity index (χ4v) is 2.67. The molecule has 0 radical (unpaired) electrons. The molecule has 0 saturated carbocycles. The van der Waals surface area contributed by atoms with E-state index in [0.29, 0.717) is 5.69 Å². The van der Waals surface area contributed by atoms with Crippen LogP contribution in [0.5, 0.6) is 5.75 Å². The van der Waals surface area contributed by atoms with Crippen molar-refractivity contribution in [1.29, 1.82) is 0 Å². The fraction of sp³-hybridized carbons (Fsp3) is 0.0526. The zero-order valence-electron chi connectivity index (χ0n) is 13.2. The molecule has 5 nitrogen and oxygen atoms in total. The molecule has 0 aliphatic carbocycles. The van der Waals surface area contributed by atoms with Gasteiger partial charge in [-0.25, -0.2) is 0 Å². The van der Waals surface area contributed by atoms with Crippen molar-refractivity contribution in [2.45, 2.75) is 6.04 Å². The van der Waals surface area contributed by atoms with Gasteiger partial charge in [0, 0.05) is 11.8 Å². The molecule has 0 aliphatic heterocycles. The van der Waals surface area contributed by atoms with E-state index in [9.17, 15) is 9.90 Å². The number of nitrogens with one attached hydrogen (secondary N) is 1. The molecule has 1 atom stereocenters. The van der Waals surface area contributed by atoms with Gasteiger partial charge in [-0.05, 0) is 29.3 Å². The van der Waals surface area contributed by atoms with Crippen LogP contribution in [-0.4, -0.2) is 16.0 Å². The summed E-state index contributed by atoms with van der Waals surface area (Å²) in [5.74, 6) is -0.463. The lowest BCUT2D eigenvalue weighted by Gasteiger charge is -2.17. The van der Waals surface area contributed by atoms with E-state index in [1.165, 1.54) is 6.07 Å². The van der Waals surface area contributed by atoms with Crippen LogP contribution < -0.4 is 11.1 Å². The molecule has 3 aromatic rings. The second-order valence-electron chi connectivity index (χ2n) is 5.52. The lowest BCUT2D eigenvalue weighted by atomic mass is 10.0. The maximum atomic E-state index is 11.8. The number of halogens is 1. The summed E-state index contributed by atoms with van der Waals surface area (Å²) in [7, 11) is 0. The number of phenolic OH excluding ortho intramolecular Hbond substituents is 1. The highest BCUT2D eigenvalue weighted by Crippen LogP contribution is 2.30. The number of benzene rings is 2. The van der Waals surface area contributed by atoms with Gasteiger partial charge in [-0.15, -0.1) is 0 Å². The Balaban J connectivity index is 1.90. The van der Waals surface area contributed by atoms with Crippen LogP contribution in [0.1, 0.15) is 11.6 Å². The minimum absolute atomic E-state index is 0.0190. The van der Waals surface area contributed by atoms with Gasteiger partial charge in [0.05, 0.1) is 16.9 Å². The number of hydrogen-bond donors (Lipinski definition) is 3. The van der Waals surface area contributed by atoms with E-state index in [2.05, 4.69) is 10.3 Å². The van der Waals surface area contributed by atoms with E-state index in [4.69, 9.17) is 17.3 Å². The monoisotopic (exact) mass is 353 g/mol. The molecule has 0 spiro atoms.